The van der Waals surface area contributed by atoms with Crippen LogP contribution in [0.3, 0.4) is 0 Å². The molecule has 5 nitrogen and oxygen atoms in total. The minimum Gasteiger partial charge on any atom is -0.355 e. The predicted octanol–water partition coefficient (Wildman–Crippen LogP) is 0.739. The maximum Gasteiger partial charge on any atom is 0.226 e. The van der Waals surface area contributed by atoms with E-state index < -0.39 is 5.41 Å². The molecule has 1 N–H and O–H groups in total. The zero-order chi connectivity index (χ0) is 12.2. The van der Waals surface area contributed by atoms with Crippen LogP contribution in [0.5, 0.6) is 0 Å². The summed E-state index contributed by atoms with van der Waals surface area (Å²) in [6, 6.07) is 0. The molecule has 0 aromatic carbocycles. The molecule has 1 amide bonds. The minimum absolute atomic E-state index is 0.0431. The fourth-order valence-corrected chi connectivity index (χ4v) is 1.21. The number of hydrogen-bond acceptors (Lipinski definition) is 3. The van der Waals surface area contributed by atoms with E-state index >= 15 is 0 Å². The van der Waals surface area contributed by atoms with Crippen LogP contribution in [0.1, 0.15) is 19.7 Å². The molecule has 0 atom stereocenters. The quantitative estimate of drug-likeness (QED) is 0.778. The van der Waals surface area contributed by atoms with Gasteiger partial charge in [-0.3, -0.25) is 9.48 Å². The lowest BCUT2D eigenvalue weighted by Crippen LogP contribution is -2.39. The Morgan fingerprint density at radius 1 is 1.62 bits per heavy atom. The van der Waals surface area contributed by atoms with Gasteiger partial charge in [-0.15, -0.1) is 11.6 Å². The summed E-state index contributed by atoms with van der Waals surface area (Å²) in [6.45, 7) is 4.16. The number of aromatic nitrogens is 3. The molecule has 1 aromatic rings. The van der Waals surface area contributed by atoms with Crippen molar-refractivity contribution in [2.24, 2.45) is 12.5 Å². The molecule has 0 aliphatic carbocycles. The number of halogens is 1. The zero-order valence-electron chi connectivity index (χ0n) is 9.83. The summed E-state index contributed by atoms with van der Waals surface area (Å²) in [5.41, 5.74) is -0.529. The summed E-state index contributed by atoms with van der Waals surface area (Å²) in [4.78, 5) is 15.7. The normalized spacial score (nSPS) is 11.5. The first-order valence-corrected chi connectivity index (χ1v) is 5.68. The van der Waals surface area contributed by atoms with E-state index in [1.165, 1.54) is 0 Å². The van der Waals surface area contributed by atoms with Gasteiger partial charge in [0.15, 0.2) is 5.82 Å². The van der Waals surface area contributed by atoms with E-state index in [4.69, 9.17) is 11.6 Å². The summed E-state index contributed by atoms with van der Waals surface area (Å²) in [6.07, 6.45) is 2.27. The SMILES string of the molecule is Cn1cnc(CCNC(=O)C(C)(C)CCl)n1. The van der Waals surface area contributed by atoms with Gasteiger partial charge in [-0.25, -0.2) is 4.98 Å². The van der Waals surface area contributed by atoms with Gasteiger partial charge in [0.05, 0.1) is 5.41 Å². The fraction of sp³-hybridized carbons (Fsp3) is 0.700. The predicted molar refractivity (Wildman–Crippen MR) is 62.2 cm³/mol. The van der Waals surface area contributed by atoms with Crippen LogP contribution in [0.4, 0.5) is 0 Å². The minimum atomic E-state index is -0.529. The first-order chi connectivity index (χ1) is 7.45. The number of nitrogens with zero attached hydrogens (tertiary/aromatic N) is 3. The molecular weight excluding hydrogens is 228 g/mol. The Hall–Kier alpha value is -1.10. The van der Waals surface area contributed by atoms with Crippen LogP contribution in [0.15, 0.2) is 6.33 Å². The van der Waals surface area contributed by atoms with Crippen LogP contribution in [-0.4, -0.2) is 33.1 Å². The summed E-state index contributed by atoms with van der Waals surface area (Å²) in [7, 11) is 1.81. The third kappa shape index (κ3) is 3.48. The summed E-state index contributed by atoms with van der Waals surface area (Å²) >= 11 is 5.70. The second-order valence-electron chi connectivity index (χ2n) is 4.36. The van der Waals surface area contributed by atoms with Crippen molar-refractivity contribution in [3.63, 3.8) is 0 Å². The number of hydrogen-bond donors (Lipinski definition) is 1. The Kier molecular flexibility index (Phi) is 4.29. The first kappa shape index (κ1) is 13.0. The molecule has 6 heteroatoms. The zero-order valence-corrected chi connectivity index (χ0v) is 10.6. The number of nitrogens with one attached hydrogen (secondary N) is 1. The van der Waals surface area contributed by atoms with Gasteiger partial charge in [0.25, 0.3) is 0 Å². The third-order valence-corrected chi connectivity index (χ3v) is 2.90. The molecule has 0 fully saturated rings. The van der Waals surface area contributed by atoms with Crippen molar-refractivity contribution in [3.8, 4) is 0 Å². The van der Waals surface area contributed by atoms with Crippen molar-refractivity contribution in [2.45, 2.75) is 20.3 Å². The van der Waals surface area contributed by atoms with Crippen molar-refractivity contribution in [3.05, 3.63) is 12.2 Å². The maximum absolute atomic E-state index is 11.6. The molecule has 16 heavy (non-hydrogen) atoms. The number of alkyl halides is 1. The van der Waals surface area contributed by atoms with Crippen LogP contribution < -0.4 is 5.32 Å². The largest absolute Gasteiger partial charge is 0.355 e. The van der Waals surface area contributed by atoms with E-state index in [1.807, 2.05) is 20.9 Å². The highest BCUT2D eigenvalue weighted by Crippen LogP contribution is 2.16. The highest BCUT2D eigenvalue weighted by Gasteiger charge is 2.25. The lowest BCUT2D eigenvalue weighted by molar-refractivity contribution is -0.128. The van der Waals surface area contributed by atoms with Crippen LogP contribution in [0.2, 0.25) is 0 Å². The molecule has 0 unspecified atom stereocenters. The molecule has 0 radical (unpaired) electrons. The average Bonchev–Trinajstić information content (AvgIpc) is 2.64. The number of carbonyl (C=O) groups is 1. The lowest BCUT2D eigenvalue weighted by atomic mass is 9.95. The Morgan fingerprint density at radius 3 is 2.81 bits per heavy atom. The van der Waals surface area contributed by atoms with E-state index in [-0.39, 0.29) is 5.91 Å². The van der Waals surface area contributed by atoms with Crippen LogP contribution >= 0.6 is 11.6 Å². The number of carbonyl (C=O) groups excluding carboxylic acids is 1. The second kappa shape index (κ2) is 5.30. The second-order valence-corrected chi connectivity index (χ2v) is 4.63. The molecule has 1 rings (SSSR count). The van der Waals surface area contributed by atoms with Gasteiger partial charge < -0.3 is 5.32 Å². The van der Waals surface area contributed by atoms with Crippen molar-refractivity contribution in [2.75, 3.05) is 12.4 Å². The topological polar surface area (TPSA) is 59.8 Å². The highest BCUT2D eigenvalue weighted by atomic mass is 35.5. The highest BCUT2D eigenvalue weighted by molar-refractivity contribution is 6.19. The Morgan fingerprint density at radius 2 is 2.31 bits per heavy atom. The molecule has 0 aliphatic heterocycles. The van der Waals surface area contributed by atoms with Gasteiger partial charge in [0.2, 0.25) is 5.91 Å². The Balaban J connectivity index is 2.33. The lowest BCUT2D eigenvalue weighted by Gasteiger charge is -2.19. The van der Waals surface area contributed by atoms with E-state index in [2.05, 4.69) is 15.4 Å². The van der Waals surface area contributed by atoms with Gasteiger partial charge in [-0.05, 0) is 13.8 Å². The standard InChI is InChI=1S/C10H17ClN4O/c1-10(2,6-11)9(16)12-5-4-8-13-7-15(3)14-8/h7H,4-6H2,1-3H3,(H,12,16). The molecule has 0 saturated carbocycles. The Labute approximate surface area is 100 Å². The van der Waals surface area contributed by atoms with Gasteiger partial charge in [0, 0.05) is 25.9 Å². The first-order valence-electron chi connectivity index (χ1n) is 5.14. The monoisotopic (exact) mass is 244 g/mol. The summed E-state index contributed by atoms with van der Waals surface area (Å²) in [5, 5.41) is 6.94. The Bertz CT molecular complexity index is 361. The van der Waals surface area contributed by atoms with Crippen molar-refractivity contribution in [1.29, 1.82) is 0 Å². The van der Waals surface area contributed by atoms with Gasteiger partial charge in [0.1, 0.15) is 6.33 Å². The molecule has 1 heterocycles. The van der Waals surface area contributed by atoms with Gasteiger partial charge >= 0.3 is 0 Å². The number of rotatable bonds is 5. The van der Waals surface area contributed by atoms with E-state index in [0.29, 0.717) is 18.8 Å². The smallest absolute Gasteiger partial charge is 0.226 e. The molecule has 0 aliphatic rings. The van der Waals surface area contributed by atoms with E-state index in [0.717, 1.165) is 5.82 Å². The van der Waals surface area contributed by atoms with Crippen LogP contribution in [0.25, 0.3) is 0 Å². The molecule has 1 aromatic heterocycles. The van der Waals surface area contributed by atoms with Crippen molar-refractivity contribution >= 4 is 17.5 Å². The van der Waals surface area contributed by atoms with Crippen molar-refractivity contribution in [1.82, 2.24) is 20.1 Å². The van der Waals surface area contributed by atoms with Crippen LogP contribution in [-0.2, 0) is 18.3 Å². The van der Waals surface area contributed by atoms with E-state index in [1.54, 1.807) is 11.0 Å². The van der Waals surface area contributed by atoms with E-state index in [9.17, 15) is 4.79 Å². The summed E-state index contributed by atoms with van der Waals surface area (Å²) < 4.78 is 1.64. The third-order valence-electron chi connectivity index (χ3n) is 2.23. The maximum atomic E-state index is 11.6. The molecule has 0 spiro atoms. The fourth-order valence-electron chi connectivity index (χ4n) is 1.09. The number of amides is 1. The molecule has 90 valence electrons. The molecule has 0 saturated heterocycles. The summed E-state index contributed by atoms with van der Waals surface area (Å²) in [5.74, 6) is 0.991. The van der Waals surface area contributed by atoms with Crippen molar-refractivity contribution < 1.29 is 4.79 Å². The van der Waals surface area contributed by atoms with Gasteiger partial charge in [-0.2, -0.15) is 5.10 Å². The molecular formula is C10H17ClN4O. The van der Waals surface area contributed by atoms with Crippen LogP contribution in [0, 0.1) is 5.41 Å². The molecule has 0 bridgehead atoms. The van der Waals surface area contributed by atoms with Gasteiger partial charge in [-0.1, -0.05) is 0 Å². The average molecular weight is 245 g/mol. The number of aryl methyl sites for hydroxylation is 1.